The molecule has 2 aliphatic heterocycles. The summed E-state index contributed by atoms with van der Waals surface area (Å²) in [6.45, 7) is 25.0. The molecule has 16 atom stereocenters. The van der Waals surface area contributed by atoms with Gasteiger partial charge in [-0.25, -0.2) is 0 Å². The SMILES string of the molecule is C=C[C@@](C)(O)C[C@@H](/C=C(\C)CCC(OC(CC/C(C)=C/[C@H](C[C@](C)(O)C=C)O[C@@H]1O[C@H](CO)[C@@H](O)[C@H](O)[C@H]1O)C(=C)C)C(=C)C)O[C@@H]1O[C@H](CO)[C@@H](O)[C@H](O)[C@H]1O. The minimum absolute atomic E-state index is 0.0213. The third-order valence-electron chi connectivity index (χ3n) is 10.4. The number of rotatable bonds is 24. The summed E-state index contributed by atoms with van der Waals surface area (Å²) in [5, 5.41) is 103. The molecule has 0 radical (unpaired) electrons. The maximum absolute atomic E-state index is 10.8. The number of ether oxygens (including phenoxy) is 5. The van der Waals surface area contributed by atoms with Gasteiger partial charge in [-0.15, -0.1) is 13.2 Å². The molecule has 15 nitrogen and oxygen atoms in total. The van der Waals surface area contributed by atoms with Crippen molar-refractivity contribution in [1.29, 1.82) is 0 Å². The summed E-state index contributed by atoms with van der Waals surface area (Å²) in [5.74, 6) is 0. The van der Waals surface area contributed by atoms with Crippen LogP contribution < -0.4 is 0 Å². The maximum Gasteiger partial charge on any atom is 0.187 e. The first-order valence-electron chi connectivity index (χ1n) is 19.4. The third-order valence-corrected chi connectivity index (χ3v) is 10.4. The minimum Gasteiger partial charge on any atom is -0.394 e. The molecule has 0 aromatic rings. The number of allylic oxidation sites excluding steroid dienone is 2. The lowest BCUT2D eigenvalue weighted by Crippen LogP contribution is -2.59. The first kappa shape index (κ1) is 51.0. The zero-order chi connectivity index (χ0) is 43.4. The van der Waals surface area contributed by atoms with E-state index < -0.39 is 98.0 Å². The van der Waals surface area contributed by atoms with E-state index in [2.05, 4.69) is 26.3 Å². The molecule has 2 unspecified atom stereocenters. The average molecular weight is 815 g/mol. The van der Waals surface area contributed by atoms with Crippen LogP contribution in [0.3, 0.4) is 0 Å². The highest BCUT2D eigenvalue weighted by molar-refractivity contribution is 5.11. The van der Waals surface area contributed by atoms with E-state index in [9.17, 15) is 51.1 Å². The Morgan fingerprint density at radius 1 is 0.614 bits per heavy atom. The molecule has 2 heterocycles. The fourth-order valence-corrected chi connectivity index (χ4v) is 6.56. The van der Waals surface area contributed by atoms with Gasteiger partial charge in [0.25, 0.3) is 0 Å². The van der Waals surface area contributed by atoms with Crippen LogP contribution in [0.4, 0.5) is 0 Å². The highest BCUT2D eigenvalue weighted by Gasteiger charge is 2.46. The summed E-state index contributed by atoms with van der Waals surface area (Å²) in [4.78, 5) is 0. The summed E-state index contributed by atoms with van der Waals surface area (Å²) < 4.78 is 29.7. The molecule has 0 aliphatic carbocycles. The molecular weight excluding hydrogens is 744 g/mol. The van der Waals surface area contributed by atoms with Gasteiger partial charge in [-0.05, 0) is 67.2 Å². The van der Waals surface area contributed by atoms with Crippen LogP contribution in [0.1, 0.15) is 80.1 Å². The highest BCUT2D eigenvalue weighted by Crippen LogP contribution is 2.30. The summed E-state index contributed by atoms with van der Waals surface area (Å²) in [7, 11) is 0. The van der Waals surface area contributed by atoms with Gasteiger partial charge in [0.15, 0.2) is 12.6 Å². The largest absolute Gasteiger partial charge is 0.394 e. The van der Waals surface area contributed by atoms with Crippen molar-refractivity contribution < 1.29 is 74.7 Å². The second kappa shape index (κ2) is 23.0. The van der Waals surface area contributed by atoms with E-state index in [0.717, 1.165) is 22.3 Å². The minimum atomic E-state index is -1.62. The maximum atomic E-state index is 10.8. The summed E-state index contributed by atoms with van der Waals surface area (Å²) in [5.41, 5.74) is 0.539. The van der Waals surface area contributed by atoms with Crippen molar-refractivity contribution in [2.45, 2.75) is 177 Å². The van der Waals surface area contributed by atoms with Crippen LogP contribution in [-0.4, -0.2) is 161 Å². The van der Waals surface area contributed by atoms with Gasteiger partial charge in [0, 0.05) is 12.8 Å². The Labute approximate surface area is 337 Å². The van der Waals surface area contributed by atoms with Gasteiger partial charge in [-0.3, -0.25) is 0 Å². The van der Waals surface area contributed by atoms with Crippen LogP contribution in [0.2, 0.25) is 0 Å². The Balaban J connectivity index is 2.19. The summed E-state index contributed by atoms with van der Waals surface area (Å²) in [6, 6.07) is 0. The standard InChI is InChI=1S/C42H70O15/c1-11-41(9,51)19-27(53-39-37(49)35(47)33(45)31(21-43)56-39)17-25(7)13-15-29(23(3)4)55-30(24(5)6)16-14-26(8)18-28(20-42(10,52)12-2)54-40-38(50)36(48)34(46)32(22-44)57-40/h11-12,17-18,27-40,43-52H,1-3,5,13-16,19-22H2,4,6-10H3/b25-17+,26-18+/t27-,28-,29?,30?,31-,32-,33-,34-,35+,36+,37-,38-,39-,40-,41-,42-/m1/s1. The zero-order valence-electron chi connectivity index (χ0n) is 34.4. The van der Waals surface area contributed by atoms with Crippen molar-refractivity contribution in [3.8, 4) is 0 Å². The van der Waals surface area contributed by atoms with Crippen molar-refractivity contribution in [2.24, 2.45) is 0 Å². The molecule has 2 saturated heterocycles. The lowest BCUT2D eigenvalue weighted by molar-refractivity contribution is -0.309. The van der Waals surface area contributed by atoms with Crippen LogP contribution >= 0.6 is 0 Å². The molecule has 10 N–H and O–H groups in total. The quantitative estimate of drug-likeness (QED) is 0.0619. The number of aliphatic hydroxyl groups excluding tert-OH is 8. The molecule has 15 heteroatoms. The average Bonchev–Trinajstić information content (AvgIpc) is 3.14. The van der Waals surface area contributed by atoms with Crippen LogP contribution in [0.25, 0.3) is 0 Å². The molecule has 0 spiro atoms. The van der Waals surface area contributed by atoms with E-state index in [4.69, 9.17) is 23.7 Å². The normalized spacial score (nSPS) is 33.0. The molecule has 2 aliphatic rings. The van der Waals surface area contributed by atoms with Gasteiger partial charge in [0.2, 0.25) is 0 Å². The van der Waals surface area contributed by atoms with E-state index >= 15 is 0 Å². The molecule has 0 aromatic heterocycles. The Kier molecular flexibility index (Phi) is 20.6. The van der Waals surface area contributed by atoms with Crippen LogP contribution in [0.5, 0.6) is 0 Å². The van der Waals surface area contributed by atoms with Gasteiger partial charge >= 0.3 is 0 Å². The molecular formula is C42H70O15. The predicted octanol–water partition coefficient (Wildman–Crippen LogP) is 1.37. The van der Waals surface area contributed by atoms with E-state index in [1.165, 1.54) is 12.2 Å². The van der Waals surface area contributed by atoms with E-state index in [1.54, 1.807) is 26.0 Å². The monoisotopic (exact) mass is 814 g/mol. The topological polar surface area (TPSA) is 248 Å². The predicted molar refractivity (Wildman–Crippen MR) is 212 cm³/mol. The Morgan fingerprint density at radius 2 is 0.947 bits per heavy atom. The van der Waals surface area contributed by atoms with Crippen LogP contribution in [0.15, 0.2) is 72.9 Å². The number of hydrogen-bond donors (Lipinski definition) is 10. The Morgan fingerprint density at radius 3 is 1.23 bits per heavy atom. The zero-order valence-corrected chi connectivity index (χ0v) is 34.4. The van der Waals surface area contributed by atoms with Crippen LogP contribution in [-0.2, 0) is 23.7 Å². The molecule has 328 valence electrons. The van der Waals surface area contributed by atoms with Gasteiger partial charge in [0.1, 0.15) is 48.8 Å². The fraction of sp³-hybridized carbons (Fsp3) is 0.714. The lowest BCUT2D eigenvalue weighted by atomic mass is 9.95. The molecule has 0 aromatic carbocycles. The summed E-state index contributed by atoms with van der Waals surface area (Å²) >= 11 is 0. The van der Waals surface area contributed by atoms with E-state index in [1.807, 2.05) is 27.7 Å². The fourth-order valence-electron chi connectivity index (χ4n) is 6.56. The molecule has 2 fully saturated rings. The second-order valence-corrected chi connectivity index (χ2v) is 16.2. The first-order valence-corrected chi connectivity index (χ1v) is 19.4. The van der Waals surface area contributed by atoms with Crippen molar-refractivity contribution in [3.05, 3.63) is 72.9 Å². The highest BCUT2D eigenvalue weighted by atomic mass is 16.7. The van der Waals surface area contributed by atoms with Gasteiger partial charge in [-0.1, -0.05) is 59.8 Å². The number of hydrogen-bond acceptors (Lipinski definition) is 15. The van der Waals surface area contributed by atoms with Crippen molar-refractivity contribution in [3.63, 3.8) is 0 Å². The van der Waals surface area contributed by atoms with Crippen LogP contribution in [0, 0.1) is 0 Å². The van der Waals surface area contributed by atoms with Crippen molar-refractivity contribution >= 4 is 0 Å². The second-order valence-electron chi connectivity index (χ2n) is 16.2. The first-order chi connectivity index (χ1) is 26.5. The smallest absolute Gasteiger partial charge is 0.187 e. The summed E-state index contributed by atoms with van der Waals surface area (Å²) in [6.07, 6.45) is -8.75. The van der Waals surface area contributed by atoms with E-state index in [0.29, 0.717) is 25.7 Å². The van der Waals surface area contributed by atoms with Gasteiger partial charge in [-0.2, -0.15) is 0 Å². The van der Waals surface area contributed by atoms with Crippen molar-refractivity contribution in [2.75, 3.05) is 13.2 Å². The molecule has 0 saturated carbocycles. The van der Waals surface area contributed by atoms with E-state index in [-0.39, 0.29) is 25.0 Å². The molecule has 0 amide bonds. The molecule has 2 rings (SSSR count). The number of aliphatic hydroxyl groups is 10. The molecule has 57 heavy (non-hydrogen) atoms. The van der Waals surface area contributed by atoms with Gasteiger partial charge < -0.3 is 74.7 Å². The van der Waals surface area contributed by atoms with Crippen molar-refractivity contribution in [1.82, 2.24) is 0 Å². The Hall–Kier alpha value is -2.16. The lowest BCUT2D eigenvalue weighted by Gasteiger charge is -2.41. The molecule has 0 bridgehead atoms. The van der Waals surface area contributed by atoms with Gasteiger partial charge in [0.05, 0.1) is 48.8 Å². The Bertz CT molecular complexity index is 1260. The third kappa shape index (κ3) is 15.8.